The Morgan fingerprint density at radius 2 is 1.90 bits per heavy atom. The number of benzene rings is 1. The van der Waals surface area contributed by atoms with Crippen LogP contribution in [0.15, 0.2) is 44.1 Å². The van der Waals surface area contributed by atoms with E-state index >= 15 is 0 Å². The molecule has 1 aliphatic rings. The minimum Gasteiger partial charge on any atom is -0.481 e. The maximum absolute atomic E-state index is 12.8. The summed E-state index contributed by atoms with van der Waals surface area (Å²) in [6.07, 6.45) is 0.906. The number of piperidine rings is 1. The van der Waals surface area contributed by atoms with E-state index in [0.717, 1.165) is 24.1 Å². The summed E-state index contributed by atoms with van der Waals surface area (Å²) in [5, 5.41) is 4.83. The molecule has 4 rings (SSSR count). The number of amides is 1. The molecule has 1 atom stereocenters. The molecule has 3 heterocycles. The number of hydrogen-bond acceptors (Lipinski definition) is 7. The maximum Gasteiger partial charge on any atom is 0.336 e. The van der Waals surface area contributed by atoms with Gasteiger partial charge in [0.05, 0.1) is 0 Å². The lowest BCUT2D eigenvalue weighted by atomic mass is 9.96. The Hall–Kier alpha value is -3.16. The Morgan fingerprint density at radius 1 is 1.17 bits per heavy atom. The van der Waals surface area contributed by atoms with Gasteiger partial charge in [0.2, 0.25) is 5.89 Å². The Kier molecular flexibility index (Phi) is 5.57. The van der Waals surface area contributed by atoms with E-state index in [0.29, 0.717) is 30.3 Å². The van der Waals surface area contributed by atoms with Gasteiger partial charge in [-0.1, -0.05) is 19.0 Å². The summed E-state index contributed by atoms with van der Waals surface area (Å²) in [4.78, 5) is 30.5. The third-order valence-corrected chi connectivity index (χ3v) is 5.38. The van der Waals surface area contributed by atoms with Crippen molar-refractivity contribution in [2.45, 2.75) is 51.6 Å². The van der Waals surface area contributed by atoms with Gasteiger partial charge < -0.3 is 18.6 Å². The molecule has 0 saturated carbocycles. The molecule has 1 amide bonds. The molecule has 2 aromatic heterocycles. The van der Waals surface area contributed by atoms with Crippen molar-refractivity contribution in [1.29, 1.82) is 0 Å². The summed E-state index contributed by atoms with van der Waals surface area (Å²) in [6.45, 7) is 7.01. The van der Waals surface area contributed by atoms with Gasteiger partial charge in [-0.2, -0.15) is 4.98 Å². The number of rotatable bonds is 5. The molecular formula is C22H25N3O5. The predicted octanol–water partition coefficient (Wildman–Crippen LogP) is 3.47. The zero-order valence-corrected chi connectivity index (χ0v) is 17.3. The first-order valence-corrected chi connectivity index (χ1v) is 10.2. The van der Waals surface area contributed by atoms with Crippen molar-refractivity contribution < 1.29 is 18.5 Å². The molecular weight excluding hydrogens is 386 g/mol. The number of nitrogens with zero attached hydrogens (tertiary/aromatic N) is 3. The van der Waals surface area contributed by atoms with Crippen molar-refractivity contribution in [2.24, 2.45) is 0 Å². The Labute approximate surface area is 173 Å². The highest BCUT2D eigenvalue weighted by atomic mass is 16.5. The number of aromatic nitrogens is 2. The van der Waals surface area contributed by atoms with E-state index in [1.165, 1.54) is 6.07 Å². The molecule has 0 spiro atoms. The van der Waals surface area contributed by atoms with Crippen LogP contribution in [0.4, 0.5) is 0 Å². The van der Waals surface area contributed by atoms with Crippen molar-refractivity contribution in [1.82, 2.24) is 15.0 Å². The summed E-state index contributed by atoms with van der Waals surface area (Å²) in [5.74, 6) is 2.19. The van der Waals surface area contributed by atoms with Crippen LogP contribution in [0, 0.1) is 0 Å². The van der Waals surface area contributed by atoms with Gasteiger partial charge in [0.1, 0.15) is 11.3 Å². The van der Waals surface area contributed by atoms with Crippen molar-refractivity contribution in [2.75, 3.05) is 13.1 Å². The second kappa shape index (κ2) is 8.30. The SMILES string of the molecule is CC(Oc1ccc2ccc(=O)oc2c1)C(=O)N1CCC(c2nc(C(C)C)no2)CC1. The first kappa shape index (κ1) is 20.1. The molecule has 0 N–H and O–H groups in total. The van der Waals surface area contributed by atoms with Crippen molar-refractivity contribution in [3.63, 3.8) is 0 Å². The fourth-order valence-electron chi connectivity index (χ4n) is 3.62. The van der Waals surface area contributed by atoms with Gasteiger partial charge in [0, 0.05) is 42.4 Å². The topological polar surface area (TPSA) is 98.7 Å². The molecule has 3 aromatic rings. The normalized spacial score (nSPS) is 16.2. The highest BCUT2D eigenvalue weighted by Crippen LogP contribution is 2.28. The minimum absolute atomic E-state index is 0.0727. The zero-order valence-electron chi connectivity index (χ0n) is 17.3. The van der Waals surface area contributed by atoms with Crippen LogP contribution in [0.25, 0.3) is 11.0 Å². The highest BCUT2D eigenvalue weighted by molar-refractivity contribution is 5.81. The van der Waals surface area contributed by atoms with Gasteiger partial charge in [-0.25, -0.2) is 4.79 Å². The number of ether oxygens (including phenoxy) is 1. The molecule has 8 heteroatoms. The molecule has 1 unspecified atom stereocenters. The fraction of sp³-hybridized carbons (Fsp3) is 0.455. The molecule has 1 aromatic carbocycles. The van der Waals surface area contributed by atoms with Crippen LogP contribution in [0.2, 0.25) is 0 Å². The van der Waals surface area contributed by atoms with Gasteiger partial charge in [-0.15, -0.1) is 0 Å². The van der Waals surface area contributed by atoms with Crippen LogP contribution in [-0.4, -0.2) is 40.1 Å². The first-order valence-electron chi connectivity index (χ1n) is 10.2. The summed E-state index contributed by atoms with van der Waals surface area (Å²) in [7, 11) is 0. The third-order valence-electron chi connectivity index (χ3n) is 5.38. The number of likely N-dealkylation sites (tertiary alicyclic amines) is 1. The van der Waals surface area contributed by atoms with E-state index in [4.69, 9.17) is 13.7 Å². The second-order valence-electron chi connectivity index (χ2n) is 7.96. The molecule has 1 fully saturated rings. The molecule has 8 nitrogen and oxygen atoms in total. The first-order chi connectivity index (χ1) is 14.4. The summed E-state index contributed by atoms with van der Waals surface area (Å²) < 4.78 is 16.4. The van der Waals surface area contributed by atoms with Crippen LogP contribution in [0.5, 0.6) is 5.75 Å². The fourth-order valence-corrected chi connectivity index (χ4v) is 3.62. The van der Waals surface area contributed by atoms with E-state index in [1.807, 2.05) is 18.7 Å². The van der Waals surface area contributed by atoms with Crippen molar-refractivity contribution >= 4 is 16.9 Å². The number of hydrogen-bond donors (Lipinski definition) is 0. The largest absolute Gasteiger partial charge is 0.481 e. The quantitative estimate of drug-likeness (QED) is 0.593. The summed E-state index contributed by atoms with van der Waals surface area (Å²) in [5.41, 5.74) is 0.00851. The third kappa shape index (κ3) is 4.22. The molecule has 30 heavy (non-hydrogen) atoms. The minimum atomic E-state index is -0.648. The molecule has 0 bridgehead atoms. The van der Waals surface area contributed by atoms with E-state index in [9.17, 15) is 9.59 Å². The lowest BCUT2D eigenvalue weighted by Gasteiger charge is -2.32. The lowest BCUT2D eigenvalue weighted by molar-refractivity contribution is -0.139. The van der Waals surface area contributed by atoms with Crippen LogP contribution in [0.1, 0.15) is 57.2 Å². The Balaban J connectivity index is 1.36. The highest BCUT2D eigenvalue weighted by Gasteiger charge is 2.30. The Morgan fingerprint density at radius 3 is 2.60 bits per heavy atom. The number of carbonyl (C=O) groups excluding carboxylic acids is 1. The van der Waals surface area contributed by atoms with Crippen LogP contribution in [-0.2, 0) is 4.79 Å². The van der Waals surface area contributed by atoms with Gasteiger partial charge in [-0.05, 0) is 38.0 Å². The van der Waals surface area contributed by atoms with E-state index < -0.39 is 11.7 Å². The molecule has 1 aliphatic heterocycles. The van der Waals surface area contributed by atoms with Crippen LogP contribution < -0.4 is 10.4 Å². The van der Waals surface area contributed by atoms with Gasteiger partial charge >= 0.3 is 5.63 Å². The van der Waals surface area contributed by atoms with Crippen molar-refractivity contribution in [3.05, 3.63) is 52.5 Å². The monoisotopic (exact) mass is 411 g/mol. The number of fused-ring (bicyclic) bond motifs is 1. The van der Waals surface area contributed by atoms with Crippen LogP contribution >= 0.6 is 0 Å². The smallest absolute Gasteiger partial charge is 0.336 e. The van der Waals surface area contributed by atoms with Gasteiger partial charge in [0.15, 0.2) is 11.9 Å². The van der Waals surface area contributed by atoms with E-state index in [2.05, 4.69) is 10.1 Å². The molecule has 0 radical (unpaired) electrons. The lowest BCUT2D eigenvalue weighted by Crippen LogP contribution is -2.44. The second-order valence-corrected chi connectivity index (χ2v) is 7.96. The standard InChI is InChI=1S/C22H25N3O5/c1-13(2)20-23-21(30-24-20)16-8-10-25(11-9-16)22(27)14(3)28-17-6-4-15-5-7-19(26)29-18(15)12-17/h4-7,12-14,16H,8-11H2,1-3H3. The Bertz CT molecular complexity index is 1100. The summed E-state index contributed by atoms with van der Waals surface area (Å²) in [6, 6.07) is 8.26. The molecule has 0 aliphatic carbocycles. The van der Waals surface area contributed by atoms with Crippen molar-refractivity contribution in [3.8, 4) is 5.75 Å². The average Bonchev–Trinajstić information content (AvgIpc) is 3.24. The number of carbonyl (C=O) groups is 1. The molecule has 158 valence electrons. The van der Waals surface area contributed by atoms with Gasteiger partial charge in [-0.3, -0.25) is 4.79 Å². The molecule has 1 saturated heterocycles. The average molecular weight is 411 g/mol. The zero-order chi connectivity index (χ0) is 21.3. The van der Waals surface area contributed by atoms with E-state index in [1.54, 1.807) is 31.2 Å². The summed E-state index contributed by atoms with van der Waals surface area (Å²) >= 11 is 0. The predicted molar refractivity (Wildman–Crippen MR) is 110 cm³/mol. The maximum atomic E-state index is 12.8. The van der Waals surface area contributed by atoms with Crippen LogP contribution in [0.3, 0.4) is 0 Å². The van der Waals surface area contributed by atoms with Gasteiger partial charge in [0.25, 0.3) is 5.91 Å². The van der Waals surface area contributed by atoms with E-state index in [-0.39, 0.29) is 17.7 Å².